The Bertz CT molecular complexity index is 162. The Hall–Kier alpha value is -0.393. The van der Waals surface area contributed by atoms with Crippen LogP contribution in [0, 0.1) is 0 Å². The van der Waals surface area contributed by atoms with E-state index >= 15 is 0 Å². The molecule has 0 saturated heterocycles. The lowest BCUT2D eigenvalue weighted by molar-refractivity contribution is -0.148. The van der Waals surface area contributed by atoms with Crippen LogP contribution in [0.15, 0.2) is 0 Å². The Morgan fingerprint density at radius 2 is 2.08 bits per heavy atom. The highest BCUT2D eigenvalue weighted by Crippen LogP contribution is 2.14. The third-order valence-electron chi connectivity index (χ3n) is 1.76. The zero-order chi connectivity index (χ0) is 10.3. The fourth-order valence-electron chi connectivity index (χ4n) is 0.924. The minimum atomic E-state index is -2.07. The molecule has 0 fully saturated rings. The summed E-state index contributed by atoms with van der Waals surface area (Å²) in [6.45, 7) is 5.39. The van der Waals surface area contributed by atoms with Crippen LogP contribution in [0.1, 0.15) is 20.3 Å². The van der Waals surface area contributed by atoms with Crippen molar-refractivity contribution in [3.8, 4) is 0 Å². The van der Waals surface area contributed by atoms with Crippen LogP contribution >= 0.6 is 0 Å². The SMILES string of the molecule is CCC[Si](C)(OC)OCOC(C)=O. The summed E-state index contributed by atoms with van der Waals surface area (Å²) in [6, 6.07) is 0.908. The first-order valence-electron chi connectivity index (χ1n) is 4.36. The molecule has 0 aliphatic carbocycles. The van der Waals surface area contributed by atoms with Crippen LogP contribution in [0.3, 0.4) is 0 Å². The first kappa shape index (κ1) is 12.6. The molecule has 0 radical (unpaired) electrons. The average molecular weight is 206 g/mol. The highest BCUT2D eigenvalue weighted by molar-refractivity contribution is 6.65. The molecule has 1 atom stereocenters. The predicted octanol–water partition coefficient (Wildman–Crippen LogP) is 1.65. The fraction of sp³-hybridized carbons (Fsp3) is 0.875. The second-order valence-electron chi connectivity index (χ2n) is 2.99. The minimum Gasteiger partial charge on any atom is -0.440 e. The van der Waals surface area contributed by atoms with Gasteiger partial charge in [-0.05, 0) is 12.6 Å². The highest BCUT2D eigenvalue weighted by Gasteiger charge is 2.29. The monoisotopic (exact) mass is 206 g/mol. The normalized spacial score (nSPS) is 15.1. The Kier molecular flexibility index (Phi) is 5.94. The Morgan fingerprint density at radius 3 is 2.46 bits per heavy atom. The quantitative estimate of drug-likeness (QED) is 0.376. The first-order valence-corrected chi connectivity index (χ1v) is 6.89. The van der Waals surface area contributed by atoms with Gasteiger partial charge < -0.3 is 13.6 Å². The van der Waals surface area contributed by atoms with E-state index < -0.39 is 8.56 Å². The number of esters is 1. The van der Waals surface area contributed by atoms with Gasteiger partial charge in [-0.2, -0.15) is 0 Å². The largest absolute Gasteiger partial charge is 0.440 e. The van der Waals surface area contributed by atoms with E-state index in [0.717, 1.165) is 12.5 Å². The van der Waals surface area contributed by atoms with Gasteiger partial charge in [0.15, 0.2) is 6.79 Å². The fourth-order valence-corrected chi connectivity index (χ4v) is 2.61. The topological polar surface area (TPSA) is 44.8 Å². The van der Waals surface area contributed by atoms with Gasteiger partial charge in [-0.15, -0.1) is 0 Å². The molecular weight excluding hydrogens is 188 g/mol. The molecule has 13 heavy (non-hydrogen) atoms. The van der Waals surface area contributed by atoms with Crippen molar-refractivity contribution in [1.29, 1.82) is 0 Å². The first-order chi connectivity index (χ1) is 6.04. The maximum Gasteiger partial charge on any atom is 0.337 e. The van der Waals surface area contributed by atoms with Crippen LogP contribution in [-0.2, 0) is 18.4 Å². The average Bonchev–Trinajstić information content (AvgIpc) is 2.04. The number of carbonyl (C=O) groups is 1. The van der Waals surface area contributed by atoms with Gasteiger partial charge >= 0.3 is 14.5 Å². The predicted molar refractivity (Wildman–Crippen MR) is 51.4 cm³/mol. The lowest BCUT2D eigenvalue weighted by Crippen LogP contribution is -2.38. The highest BCUT2D eigenvalue weighted by atomic mass is 28.4. The summed E-state index contributed by atoms with van der Waals surface area (Å²) in [5.41, 5.74) is 0. The summed E-state index contributed by atoms with van der Waals surface area (Å²) < 4.78 is 15.4. The lowest BCUT2D eigenvalue weighted by Gasteiger charge is -2.23. The standard InChI is InChI=1S/C8H18O4Si/c1-5-6-13(4,10-3)12-7-11-8(2)9/h5-7H2,1-4H3. The van der Waals surface area contributed by atoms with E-state index in [-0.39, 0.29) is 12.8 Å². The molecule has 5 heteroatoms. The van der Waals surface area contributed by atoms with Gasteiger partial charge in [0.05, 0.1) is 0 Å². The minimum absolute atomic E-state index is 0.00585. The zero-order valence-corrected chi connectivity index (χ0v) is 9.75. The molecule has 0 N–H and O–H groups in total. The molecule has 0 spiro atoms. The molecule has 0 aromatic heterocycles. The number of hydrogen-bond acceptors (Lipinski definition) is 4. The zero-order valence-electron chi connectivity index (χ0n) is 8.75. The van der Waals surface area contributed by atoms with Crippen molar-refractivity contribution in [3.05, 3.63) is 0 Å². The van der Waals surface area contributed by atoms with E-state index in [1.54, 1.807) is 7.11 Å². The van der Waals surface area contributed by atoms with Crippen LogP contribution in [0.2, 0.25) is 12.6 Å². The number of ether oxygens (including phenoxy) is 1. The summed E-state index contributed by atoms with van der Waals surface area (Å²) in [7, 11) is -0.433. The Labute approximate surface area is 80.4 Å². The summed E-state index contributed by atoms with van der Waals surface area (Å²) >= 11 is 0. The van der Waals surface area contributed by atoms with Crippen LogP contribution in [-0.4, -0.2) is 28.4 Å². The maximum atomic E-state index is 10.4. The van der Waals surface area contributed by atoms with Gasteiger partial charge in [0.25, 0.3) is 0 Å². The van der Waals surface area contributed by atoms with Crippen molar-refractivity contribution < 1.29 is 18.4 Å². The van der Waals surface area contributed by atoms with Crippen molar-refractivity contribution in [3.63, 3.8) is 0 Å². The van der Waals surface area contributed by atoms with Gasteiger partial charge in [0.1, 0.15) is 0 Å². The molecule has 78 valence electrons. The molecule has 4 nitrogen and oxygen atoms in total. The molecule has 0 aromatic rings. The summed E-state index contributed by atoms with van der Waals surface area (Å²) in [5, 5.41) is 0. The van der Waals surface area contributed by atoms with Crippen molar-refractivity contribution in [2.24, 2.45) is 0 Å². The van der Waals surface area contributed by atoms with Gasteiger partial charge in [0.2, 0.25) is 0 Å². The molecular formula is C8H18O4Si. The smallest absolute Gasteiger partial charge is 0.337 e. The van der Waals surface area contributed by atoms with E-state index in [9.17, 15) is 4.79 Å². The maximum absolute atomic E-state index is 10.4. The summed E-state index contributed by atoms with van der Waals surface area (Å²) in [6.07, 6.45) is 1.01. The van der Waals surface area contributed by atoms with Gasteiger partial charge in [0, 0.05) is 14.0 Å². The van der Waals surface area contributed by atoms with Crippen molar-refractivity contribution in [2.75, 3.05) is 13.9 Å². The summed E-state index contributed by atoms with van der Waals surface area (Å²) in [4.78, 5) is 10.4. The van der Waals surface area contributed by atoms with Crippen LogP contribution in [0.25, 0.3) is 0 Å². The van der Waals surface area contributed by atoms with E-state index in [1.807, 2.05) is 6.55 Å². The third kappa shape index (κ3) is 5.79. The van der Waals surface area contributed by atoms with Crippen molar-refractivity contribution in [2.45, 2.75) is 32.9 Å². The summed E-state index contributed by atoms with van der Waals surface area (Å²) in [5.74, 6) is -0.330. The molecule has 0 bridgehead atoms. The van der Waals surface area contributed by atoms with Crippen LogP contribution < -0.4 is 0 Å². The van der Waals surface area contributed by atoms with E-state index in [2.05, 4.69) is 11.7 Å². The van der Waals surface area contributed by atoms with Gasteiger partial charge in [-0.3, -0.25) is 4.79 Å². The molecule has 0 aromatic carbocycles. The number of rotatable bonds is 6. The molecule has 0 aliphatic heterocycles. The van der Waals surface area contributed by atoms with Crippen LogP contribution in [0.4, 0.5) is 0 Å². The number of carbonyl (C=O) groups excluding carboxylic acids is 1. The molecule has 0 heterocycles. The van der Waals surface area contributed by atoms with E-state index in [0.29, 0.717) is 0 Å². The second-order valence-corrected chi connectivity index (χ2v) is 6.45. The van der Waals surface area contributed by atoms with Gasteiger partial charge in [-0.1, -0.05) is 13.3 Å². The Balaban J connectivity index is 3.76. The van der Waals surface area contributed by atoms with E-state index in [1.165, 1.54) is 6.92 Å². The number of hydrogen-bond donors (Lipinski definition) is 0. The lowest BCUT2D eigenvalue weighted by atomic mass is 10.6. The molecule has 0 saturated carbocycles. The van der Waals surface area contributed by atoms with Crippen LogP contribution in [0.5, 0.6) is 0 Å². The molecule has 1 unspecified atom stereocenters. The Morgan fingerprint density at radius 1 is 1.46 bits per heavy atom. The second kappa shape index (κ2) is 6.12. The third-order valence-corrected chi connectivity index (χ3v) is 4.76. The molecule has 0 aliphatic rings. The van der Waals surface area contributed by atoms with Crippen molar-refractivity contribution in [1.82, 2.24) is 0 Å². The molecule has 0 rings (SSSR count). The molecule has 0 amide bonds. The van der Waals surface area contributed by atoms with E-state index in [4.69, 9.17) is 8.85 Å². The van der Waals surface area contributed by atoms with Crippen molar-refractivity contribution >= 4 is 14.5 Å². The van der Waals surface area contributed by atoms with Gasteiger partial charge in [-0.25, -0.2) is 0 Å².